The van der Waals surface area contributed by atoms with Crippen LogP contribution in [0.4, 0.5) is 11.4 Å². The molecular formula is C20H22N2O6. The molecule has 0 saturated heterocycles. The summed E-state index contributed by atoms with van der Waals surface area (Å²) in [5.41, 5.74) is 1.28. The summed E-state index contributed by atoms with van der Waals surface area (Å²) in [7, 11) is 2.46. The number of amides is 1. The van der Waals surface area contributed by atoms with Crippen molar-refractivity contribution < 1.29 is 28.6 Å². The van der Waals surface area contributed by atoms with Crippen LogP contribution in [0.2, 0.25) is 0 Å². The van der Waals surface area contributed by atoms with Crippen LogP contribution in [0.1, 0.15) is 27.6 Å². The van der Waals surface area contributed by atoms with Gasteiger partial charge in [-0.3, -0.25) is 4.79 Å². The van der Waals surface area contributed by atoms with Crippen LogP contribution in [-0.4, -0.2) is 45.2 Å². The molecule has 2 N–H and O–H groups in total. The quantitative estimate of drug-likeness (QED) is 0.673. The third kappa shape index (κ3) is 5.73. The van der Waals surface area contributed by atoms with Gasteiger partial charge in [-0.15, -0.1) is 0 Å². The Morgan fingerprint density at radius 3 is 1.93 bits per heavy atom. The first kappa shape index (κ1) is 20.8. The summed E-state index contributed by atoms with van der Waals surface area (Å²) in [5, 5.41) is 5.62. The highest BCUT2D eigenvalue weighted by molar-refractivity contribution is 6.00. The molecule has 0 aromatic heterocycles. The predicted octanol–water partition coefficient (Wildman–Crippen LogP) is 2.71. The van der Waals surface area contributed by atoms with Crippen molar-refractivity contribution in [3.63, 3.8) is 0 Å². The van der Waals surface area contributed by atoms with Crippen molar-refractivity contribution in [1.29, 1.82) is 0 Å². The maximum absolute atomic E-state index is 12.2. The van der Waals surface area contributed by atoms with E-state index in [1.165, 1.54) is 32.4 Å². The van der Waals surface area contributed by atoms with E-state index in [-0.39, 0.29) is 29.3 Å². The molecule has 1 amide bonds. The molecule has 0 bridgehead atoms. The Hall–Kier alpha value is -3.55. The molecule has 8 heteroatoms. The van der Waals surface area contributed by atoms with E-state index in [2.05, 4.69) is 20.1 Å². The average Bonchev–Trinajstić information content (AvgIpc) is 2.72. The van der Waals surface area contributed by atoms with E-state index in [0.717, 1.165) is 11.4 Å². The van der Waals surface area contributed by atoms with E-state index in [9.17, 15) is 14.4 Å². The second-order valence-electron chi connectivity index (χ2n) is 5.64. The van der Waals surface area contributed by atoms with Crippen LogP contribution in [0.25, 0.3) is 0 Å². The number of carbonyl (C=O) groups excluding carboxylic acids is 3. The van der Waals surface area contributed by atoms with Crippen molar-refractivity contribution in [2.24, 2.45) is 0 Å². The lowest BCUT2D eigenvalue weighted by molar-refractivity contribution is -0.114. The Bertz CT molecular complexity index is 814. The van der Waals surface area contributed by atoms with Crippen molar-refractivity contribution in [2.45, 2.75) is 6.92 Å². The second kappa shape index (κ2) is 9.96. The lowest BCUT2D eigenvalue weighted by atomic mass is 10.1. The molecule has 0 aliphatic rings. The third-order valence-corrected chi connectivity index (χ3v) is 3.68. The molecule has 0 spiro atoms. The van der Waals surface area contributed by atoms with E-state index in [1.54, 1.807) is 24.3 Å². The van der Waals surface area contributed by atoms with Crippen LogP contribution in [0.3, 0.4) is 0 Å². The zero-order valence-electron chi connectivity index (χ0n) is 15.9. The van der Waals surface area contributed by atoms with Gasteiger partial charge in [0.15, 0.2) is 0 Å². The average molecular weight is 386 g/mol. The van der Waals surface area contributed by atoms with E-state index in [1.807, 2.05) is 6.92 Å². The first-order chi connectivity index (χ1) is 13.5. The van der Waals surface area contributed by atoms with Gasteiger partial charge in [0.1, 0.15) is 5.75 Å². The number of hydrogen-bond donors (Lipinski definition) is 2. The van der Waals surface area contributed by atoms with Gasteiger partial charge in [-0.25, -0.2) is 9.59 Å². The van der Waals surface area contributed by atoms with E-state index >= 15 is 0 Å². The number of methoxy groups -OCH3 is 2. The summed E-state index contributed by atoms with van der Waals surface area (Å²) in [5.74, 6) is -0.873. The van der Waals surface area contributed by atoms with Gasteiger partial charge in [-0.2, -0.15) is 0 Å². The molecule has 0 saturated carbocycles. The van der Waals surface area contributed by atoms with Gasteiger partial charge in [0.05, 0.1) is 38.5 Å². The summed E-state index contributed by atoms with van der Waals surface area (Å²) in [4.78, 5) is 35.8. The molecule has 148 valence electrons. The van der Waals surface area contributed by atoms with Crippen LogP contribution in [-0.2, 0) is 14.3 Å². The Morgan fingerprint density at radius 2 is 1.43 bits per heavy atom. The second-order valence-corrected chi connectivity index (χ2v) is 5.64. The zero-order chi connectivity index (χ0) is 20.5. The van der Waals surface area contributed by atoms with Crippen LogP contribution in [0, 0.1) is 0 Å². The Labute approximate surface area is 162 Å². The predicted molar refractivity (Wildman–Crippen MR) is 104 cm³/mol. The van der Waals surface area contributed by atoms with Gasteiger partial charge < -0.3 is 24.8 Å². The molecule has 0 radical (unpaired) electrons. The zero-order valence-corrected chi connectivity index (χ0v) is 15.9. The number of anilines is 2. The topological polar surface area (TPSA) is 103 Å². The largest absolute Gasteiger partial charge is 0.494 e. The minimum atomic E-state index is -0.631. The maximum Gasteiger partial charge on any atom is 0.337 e. The van der Waals surface area contributed by atoms with Crippen molar-refractivity contribution in [3.05, 3.63) is 53.6 Å². The highest BCUT2D eigenvalue weighted by atomic mass is 16.5. The minimum absolute atomic E-state index is 0.00993. The lowest BCUT2D eigenvalue weighted by Gasteiger charge is -2.11. The molecule has 0 heterocycles. The fourth-order valence-corrected chi connectivity index (χ4v) is 2.39. The fraction of sp³-hybridized carbons (Fsp3) is 0.250. The van der Waals surface area contributed by atoms with Gasteiger partial charge in [0.2, 0.25) is 5.91 Å². The van der Waals surface area contributed by atoms with Crippen LogP contribution in [0.5, 0.6) is 5.75 Å². The molecule has 2 aromatic carbocycles. The summed E-state index contributed by atoms with van der Waals surface area (Å²) in [6.45, 7) is 2.47. The van der Waals surface area contributed by atoms with Crippen LogP contribution < -0.4 is 15.4 Å². The standard InChI is InChI=1S/C20H22N2O6/c1-4-28-17-7-5-15(6-8-17)21-12-18(23)22-16-10-13(19(24)26-2)9-14(11-16)20(25)27-3/h5-11,21H,4,12H2,1-3H3,(H,22,23). The number of hydrogen-bond acceptors (Lipinski definition) is 7. The number of nitrogens with one attached hydrogen (secondary N) is 2. The van der Waals surface area contributed by atoms with Gasteiger partial charge >= 0.3 is 11.9 Å². The SMILES string of the molecule is CCOc1ccc(NCC(=O)Nc2cc(C(=O)OC)cc(C(=O)OC)c2)cc1. The first-order valence-electron chi connectivity index (χ1n) is 8.55. The van der Waals surface area contributed by atoms with Gasteiger partial charge in [-0.05, 0) is 49.4 Å². The molecule has 0 aliphatic carbocycles. The lowest BCUT2D eigenvalue weighted by Crippen LogP contribution is -2.22. The van der Waals surface area contributed by atoms with Crippen molar-refractivity contribution in [3.8, 4) is 5.75 Å². The van der Waals surface area contributed by atoms with Gasteiger partial charge in [-0.1, -0.05) is 0 Å². The van der Waals surface area contributed by atoms with Crippen molar-refractivity contribution >= 4 is 29.2 Å². The normalized spacial score (nSPS) is 9.96. The van der Waals surface area contributed by atoms with E-state index in [0.29, 0.717) is 6.61 Å². The molecule has 8 nitrogen and oxygen atoms in total. The Balaban J connectivity index is 2.05. The number of carbonyl (C=O) groups is 3. The summed E-state index contributed by atoms with van der Waals surface area (Å²) in [6.07, 6.45) is 0. The van der Waals surface area contributed by atoms with Crippen LogP contribution in [0.15, 0.2) is 42.5 Å². The molecular weight excluding hydrogens is 364 g/mol. The maximum atomic E-state index is 12.2. The molecule has 0 fully saturated rings. The van der Waals surface area contributed by atoms with E-state index < -0.39 is 11.9 Å². The highest BCUT2D eigenvalue weighted by Gasteiger charge is 2.15. The molecule has 0 aliphatic heterocycles. The monoisotopic (exact) mass is 386 g/mol. The smallest absolute Gasteiger partial charge is 0.337 e. The number of rotatable bonds is 8. The van der Waals surface area contributed by atoms with Crippen molar-refractivity contribution in [1.82, 2.24) is 0 Å². The Morgan fingerprint density at radius 1 is 0.857 bits per heavy atom. The minimum Gasteiger partial charge on any atom is -0.494 e. The molecule has 28 heavy (non-hydrogen) atoms. The summed E-state index contributed by atoms with van der Waals surface area (Å²) in [6, 6.07) is 11.4. The summed E-state index contributed by atoms with van der Waals surface area (Å²) < 4.78 is 14.7. The molecule has 0 atom stereocenters. The van der Waals surface area contributed by atoms with Crippen molar-refractivity contribution in [2.75, 3.05) is 38.0 Å². The van der Waals surface area contributed by atoms with E-state index in [4.69, 9.17) is 4.74 Å². The number of benzene rings is 2. The first-order valence-corrected chi connectivity index (χ1v) is 8.55. The van der Waals surface area contributed by atoms with Crippen LogP contribution >= 0.6 is 0 Å². The number of esters is 2. The third-order valence-electron chi connectivity index (χ3n) is 3.68. The molecule has 0 unspecified atom stereocenters. The molecule has 2 aromatic rings. The number of ether oxygens (including phenoxy) is 3. The Kier molecular flexibility index (Phi) is 7.38. The molecule has 2 rings (SSSR count). The fourth-order valence-electron chi connectivity index (χ4n) is 2.39. The summed E-state index contributed by atoms with van der Waals surface area (Å²) >= 11 is 0. The van der Waals surface area contributed by atoms with Gasteiger partial charge in [0, 0.05) is 11.4 Å². The van der Waals surface area contributed by atoms with Gasteiger partial charge in [0.25, 0.3) is 0 Å². The highest BCUT2D eigenvalue weighted by Crippen LogP contribution is 2.18.